The van der Waals surface area contributed by atoms with Crippen molar-refractivity contribution in [1.29, 1.82) is 0 Å². The Balaban J connectivity index is 2.53. The fraction of sp³-hybridized carbons (Fsp3) is 0.667. The van der Waals surface area contributed by atoms with Gasteiger partial charge in [-0.15, -0.1) is 0 Å². The zero-order valence-corrected chi connectivity index (χ0v) is 17.7. The lowest BCUT2D eigenvalue weighted by Gasteiger charge is -2.26. The molecule has 1 heterocycles. The molecule has 14 nitrogen and oxygen atoms in total. The fourth-order valence-corrected chi connectivity index (χ4v) is 3.21. The molecule has 0 aromatic heterocycles. The predicted octanol–water partition coefficient (Wildman–Crippen LogP) is -3.09. The number of amides is 3. The summed E-state index contributed by atoms with van der Waals surface area (Å²) in [7, 11) is 0. The van der Waals surface area contributed by atoms with E-state index in [1.807, 2.05) is 0 Å². The Labute approximate surface area is 184 Å². The van der Waals surface area contributed by atoms with Crippen molar-refractivity contribution in [2.45, 2.75) is 56.7 Å². The van der Waals surface area contributed by atoms with Crippen LogP contribution in [-0.4, -0.2) is 88.5 Å². The lowest BCUT2D eigenvalue weighted by atomic mass is 10.1. The third-order valence-corrected chi connectivity index (χ3v) is 4.83. The Morgan fingerprint density at radius 1 is 1.12 bits per heavy atom. The van der Waals surface area contributed by atoms with Gasteiger partial charge in [0.25, 0.3) is 0 Å². The number of nitrogens with two attached hydrogens (primary N) is 3. The van der Waals surface area contributed by atoms with Gasteiger partial charge in [0.2, 0.25) is 17.7 Å². The van der Waals surface area contributed by atoms with Gasteiger partial charge in [-0.2, -0.15) is 0 Å². The first-order valence-corrected chi connectivity index (χ1v) is 10.2. The first-order chi connectivity index (χ1) is 15.0. The number of guanidine groups is 1. The van der Waals surface area contributed by atoms with Gasteiger partial charge in [-0.25, -0.2) is 4.79 Å². The number of aliphatic carboxylic acids is 2. The number of rotatable bonds is 13. The van der Waals surface area contributed by atoms with Crippen molar-refractivity contribution < 1.29 is 34.2 Å². The number of hydrogen-bond acceptors (Lipinski definition) is 7. The second-order valence-electron chi connectivity index (χ2n) is 7.35. The maximum atomic E-state index is 12.5. The van der Waals surface area contributed by atoms with E-state index in [1.165, 1.54) is 4.90 Å². The van der Waals surface area contributed by atoms with Gasteiger partial charge >= 0.3 is 11.9 Å². The average Bonchev–Trinajstić information content (AvgIpc) is 3.21. The van der Waals surface area contributed by atoms with E-state index in [2.05, 4.69) is 15.6 Å². The Hall–Kier alpha value is -3.42. The summed E-state index contributed by atoms with van der Waals surface area (Å²) in [5, 5.41) is 22.6. The Kier molecular flexibility index (Phi) is 10.9. The normalized spacial score (nSPS) is 17.2. The van der Waals surface area contributed by atoms with Crippen LogP contribution in [0, 0.1) is 0 Å². The molecule has 0 aromatic rings. The summed E-state index contributed by atoms with van der Waals surface area (Å²) in [6, 6.07) is -3.05. The van der Waals surface area contributed by atoms with E-state index in [9.17, 15) is 29.1 Å². The third-order valence-electron chi connectivity index (χ3n) is 4.83. The van der Waals surface area contributed by atoms with Gasteiger partial charge < -0.3 is 42.9 Å². The van der Waals surface area contributed by atoms with Crippen molar-refractivity contribution >= 4 is 35.6 Å². The zero-order valence-electron chi connectivity index (χ0n) is 17.7. The van der Waals surface area contributed by atoms with Gasteiger partial charge in [0.1, 0.15) is 12.1 Å². The number of hydrogen-bond donors (Lipinski definition) is 7. The SMILES string of the molecule is NC(N)=NCCCC(NC(=O)CNC(=O)C1CCCN1C(=O)C(N)CCC(=O)O)C(=O)O. The zero-order chi connectivity index (χ0) is 24.3. The summed E-state index contributed by atoms with van der Waals surface area (Å²) >= 11 is 0. The third kappa shape index (κ3) is 9.16. The Morgan fingerprint density at radius 2 is 1.81 bits per heavy atom. The number of carbonyl (C=O) groups excluding carboxylic acids is 3. The molecule has 1 fully saturated rings. The number of nitrogens with one attached hydrogen (secondary N) is 2. The number of carboxylic acids is 2. The average molecular weight is 457 g/mol. The molecule has 3 unspecified atom stereocenters. The van der Waals surface area contributed by atoms with Crippen LogP contribution in [0.25, 0.3) is 0 Å². The molecule has 3 atom stereocenters. The van der Waals surface area contributed by atoms with Crippen LogP contribution in [0.4, 0.5) is 0 Å². The van der Waals surface area contributed by atoms with E-state index in [4.69, 9.17) is 22.3 Å². The summed E-state index contributed by atoms with van der Waals surface area (Å²) < 4.78 is 0. The molecule has 1 rings (SSSR count). The maximum absolute atomic E-state index is 12.5. The van der Waals surface area contributed by atoms with Crippen LogP contribution in [0.2, 0.25) is 0 Å². The quantitative estimate of drug-likeness (QED) is 0.0834. The fourth-order valence-electron chi connectivity index (χ4n) is 3.21. The van der Waals surface area contributed by atoms with Gasteiger partial charge in [-0.1, -0.05) is 0 Å². The number of likely N-dealkylation sites (tertiary alicyclic amines) is 1. The van der Waals surface area contributed by atoms with Gasteiger partial charge in [0.05, 0.1) is 12.6 Å². The molecule has 1 aliphatic rings. The van der Waals surface area contributed by atoms with E-state index < -0.39 is 54.3 Å². The Bertz CT molecular complexity index is 739. The molecule has 3 amide bonds. The molecule has 14 heteroatoms. The van der Waals surface area contributed by atoms with Gasteiger partial charge in [-0.3, -0.25) is 24.2 Å². The second kappa shape index (κ2) is 13.1. The molecular weight excluding hydrogens is 426 g/mol. The highest BCUT2D eigenvalue weighted by Crippen LogP contribution is 2.19. The van der Waals surface area contributed by atoms with Crippen LogP contribution < -0.4 is 27.8 Å². The number of carbonyl (C=O) groups is 5. The van der Waals surface area contributed by atoms with E-state index in [1.54, 1.807) is 0 Å². The molecule has 0 aliphatic carbocycles. The topological polar surface area (TPSA) is 244 Å². The van der Waals surface area contributed by atoms with Crippen LogP contribution in [0.3, 0.4) is 0 Å². The van der Waals surface area contributed by atoms with Crippen molar-refractivity contribution in [2.24, 2.45) is 22.2 Å². The van der Waals surface area contributed by atoms with Gasteiger partial charge in [0.15, 0.2) is 5.96 Å². The molecule has 0 bridgehead atoms. The standard InChI is InChI=1S/C18H31N7O7/c19-10(5-6-14(27)28)16(30)25-8-2-4-12(25)15(29)23-9-13(26)24-11(17(31)32)3-1-7-22-18(20)21/h10-12H,1-9,19H2,(H,23,29)(H,24,26)(H,27,28)(H,31,32)(H4,20,21,22). The van der Waals surface area contributed by atoms with E-state index in [0.717, 1.165) is 0 Å². The van der Waals surface area contributed by atoms with E-state index >= 15 is 0 Å². The second-order valence-corrected chi connectivity index (χ2v) is 7.35. The first kappa shape index (κ1) is 26.6. The Morgan fingerprint density at radius 3 is 2.41 bits per heavy atom. The van der Waals surface area contributed by atoms with E-state index in [-0.39, 0.29) is 31.8 Å². The maximum Gasteiger partial charge on any atom is 0.326 e. The number of carboxylic acid groups (broad SMARTS) is 2. The van der Waals surface area contributed by atoms with Crippen LogP contribution >= 0.6 is 0 Å². The van der Waals surface area contributed by atoms with Crippen LogP contribution in [0.1, 0.15) is 38.5 Å². The van der Waals surface area contributed by atoms with Crippen molar-refractivity contribution in [1.82, 2.24) is 15.5 Å². The highest BCUT2D eigenvalue weighted by Gasteiger charge is 2.36. The molecule has 10 N–H and O–H groups in total. The van der Waals surface area contributed by atoms with Gasteiger partial charge in [-0.05, 0) is 32.1 Å². The van der Waals surface area contributed by atoms with Crippen LogP contribution in [-0.2, 0) is 24.0 Å². The lowest BCUT2D eigenvalue weighted by Crippen LogP contribution is -2.53. The van der Waals surface area contributed by atoms with Crippen LogP contribution in [0.5, 0.6) is 0 Å². The molecular formula is C18H31N7O7. The minimum Gasteiger partial charge on any atom is -0.481 e. The predicted molar refractivity (Wildman–Crippen MR) is 112 cm³/mol. The summed E-state index contributed by atoms with van der Waals surface area (Å²) in [5.41, 5.74) is 16.1. The largest absolute Gasteiger partial charge is 0.481 e. The molecule has 1 saturated heterocycles. The summed E-state index contributed by atoms with van der Waals surface area (Å²) in [5.74, 6) is -4.24. The summed E-state index contributed by atoms with van der Waals surface area (Å²) in [6.45, 7) is 0.0275. The minimum atomic E-state index is -1.24. The molecule has 1 aliphatic heterocycles. The van der Waals surface area contributed by atoms with Crippen molar-refractivity contribution in [2.75, 3.05) is 19.6 Å². The van der Waals surface area contributed by atoms with Gasteiger partial charge in [0, 0.05) is 19.5 Å². The highest BCUT2D eigenvalue weighted by atomic mass is 16.4. The molecule has 0 aromatic carbocycles. The minimum absolute atomic E-state index is 0.0544. The molecule has 0 radical (unpaired) electrons. The van der Waals surface area contributed by atoms with E-state index in [0.29, 0.717) is 25.8 Å². The smallest absolute Gasteiger partial charge is 0.326 e. The first-order valence-electron chi connectivity index (χ1n) is 10.2. The molecule has 0 spiro atoms. The monoisotopic (exact) mass is 457 g/mol. The lowest BCUT2D eigenvalue weighted by molar-refractivity contribution is -0.142. The van der Waals surface area contributed by atoms with Crippen molar-refractivity contribution in [3.63, 3.8) is 0 Å². The van der Waals surface area contributed by atoms with Crippen molar-refractivity contribution in [3.05, 3.63) is 0 Å². The van der Waals surface area contributed by atoms with Crippen LogP contribution in [0.15, 0.2) is 4.99 Å². The molecule has 0 saturated carbocycles. The molecule has 180 valence electrons. The van der Waals surface area contributed by atoms with Crippen molar-refractivity contribution in [3.8, 4) is 0 Å². The number of aliphatic imine (C=N–C) groups is 1. The highest BCUT2D eigenvalue weighted by molar-refractivity contribution is 5.93. The number of nitrogens with zero attached hydrogens (tertiary/aromatic N) is 2. The molecule has 32 heavy (non-hydrogen) atoms. The summed E-state index contributed by atoms with van der Waals surface area (Å²) in [4.78, 5) is 64.0. The summed E-state index contributed by atoms with van der Waals surface area (Å²) in [6.07, 6.45) is 1.01.